The topological polar surface area (TPSA) is 80.0 Å². The molecule has 0 spiro atoms. The van der Waals surface area contributed by atoms with Crippen molar-refractivity contribution in [3.63, 3.8) is 0 Å². The summed E-state index contributed by atoms with van der Waals surface area (Å²) in [6.07, 6.45) is 6.33. The highest BCUT2D eigenvalue weighted by atomic mass is 16.5. The Morgan fingerprint density at radius 3 is 2.59 bits per heavy atom. The van der Waals surface area contributed by atoms with Crippen LogP contribution in [0.25, 0.3) is 32.8 Å². The van der Waals surface area contributed by atoms with E-state index in [2.05, 4.69) is 63.5 Å². The van der Waals surface area contributed by atoms with Crippen molar-refractivity contribution in [1.29, 1.82) is 0 Å². The maximum Gasteiger partial charge on any atom is 0.355 e. The largest absolute Gasteiger partial charge is 0.493 e. The molecule has 9 heteroatoms. The Labute approximate surface area is 288 Å². The van der Waals surface area contributed by atoms with Gasteiger partial charge in [0, 0.05) is 48.1 Å². The van der Waals surface area contributed by atoms with Gasteiger partial charge in [0.25, 0.3) is 0 Å². The predicted molar refractivity (Wildman–Crippen MR) is 192 cm³/mol. The number of esters is 1. The van der Waals surface area contributed by atoms with Gasteiger partial charge in [-0.15, -0.1) is 0 Å². The molecule has 256 valence electrons. The molecule has 0 radical (unpaired) electrons. The third-order valence-corrected chi connectivity index (χ3v) is 9.61. The number of allylic oxidation sites excluding steroid dienone is 1. The van der Waals surface area contributed by atoms with E-state index >= 15 is 0 Å². The van der Waals surface area contributed by atoms with Crippen LogP contribution < -0.4 is 4.74 Å². The lowest BCUT2D eigenvalue weighted by Crippen LogP contribution is -2.38. The van der Waals surface area contributed by atoms with Gasteiger partial charge in [-0.1, -0.05) is 73.7 Å². The van der Waals surface area contributed by atoms with Crippen molar-refractivity contribution in [1.82, 2.24) is 19.2 Å². The number of carbonyl (C=O) groups excluding carboxylic acids is 1. The first-order chi connectivity index (χ1) is 24.2. The molecule has 7 rings (SSSR count). The van der Waals surface area contributed by atoms with E-state index in [9.17, 15) is 4.79 Å². The second-order valence-corrected chi connectivity index (χ2v) is 12.6. The fourth-order valence-electron chi connectivity index (χ4n) is 7.28. The maximum atomic E-state index is 13.8. The van der Waals surface area contributed by atoms with Crippen LogP contribution >= 0.6 is 0 Å². The number of aryl methyl sites for hydroxylation is 2. The molecule has 4 heterocycles. The number of morpholine rings is 1. The van der Waals surface area contributed by atoms with E-state index in [0.29, 0.717) is 45.1 Å². The first-order valence-corrected chi connectivity index (χ1v) is 17.7. The highest BCUT2D eigenvalue weighted by Gasteiger charge is 2.28. The number of hydrogen-bond acceptors (Lipinski definition) is 7. The standard InChI is InChI=1S/C40H46N4O5/c1-3-34-37-33-16-10-15-31-32(17-11-25-49-36-18-9-13-29-12-5-6-14-30(29)36)39(40(45)48-4-2)43(38(31)33)19-7-8-24-47-28-35(37)44(41-34)21-20-42-22-26-46-27-23-42/h5-10,12-16,18H,3-4,11,17,19-28H2,1-2H3/b8-7-. The van der Waals surface area contributed by atoms with Crippen LogP contribution in [0.4, 0.5) is 0 Å². The number of benzene rings is 3. The van der Waals surface area contributed by atoms with E-state index in [1.54, 1.807) is 0 Å². The zero-order chi connectivity index (χ0) is 33.6. The van der Waals surface area contributed by atoms with E-state index in [1.807, 2.05) is 37.3 Å². The number of ether oxygens (including phenoxy) is 4. The molecule has 1 fully saturated rings. The summed E-state index contributed by atoms with van der Waals surface area (Å²) in [5, 5.41) is 8.49. The molecule has 3 aromatic carbocycles. The summed E-state index contributed by atoms with van der Waals surface area (Å²) in [6.45, 7) is 11.4. The second kappa shape index (κ2) is 15.4. The van der Waals surface area contributed by atoms with Gasteiger partial charge in [-0.25, -0.2) is 4.79 Å². The molecule has 9 nitrogen and oxygen atoms in total. The molecular weight excluding hydrogens is 616 g/mol. The van der Waals surface area contributed by atoms with Gasteiger partial charge >= 0.3 is 5.97 Å². The molecule has 2 aliphatic heterocycles. The van der Waals surface area contributed by atoms with E-state index in [-0.39, 0.29) is 5.97 Å². The van der Waals surface area contributed by atoms with Crippen molar-refractivity contribution in [3.05, 3.63) is 95.5 Å². The zero-order valence-corrected chi connectivity index (χ0v) is 28.7. The van der Waals surface area contributed by atoms with Crippen molar-refractivity contribution in [3.8, 4) is 16.9 Å². The molecule has 0 aliphatic carbocycles. The fraction of sp³-hybridized carbons (Fsp3) is 0.400. The van der Waals surface area contributed by atoms with Crippen LogP contribution in [0, 0.1) is 0 Å². The smallest absolute Gasteiger partial charge is 0.355 e. The Hall–Kier alpha value is -4.44. The summed E-state index contributed by atoms with van der Waals surface area (Å²) in [4.78, 5) is 16.3. The normalized spacial score (nSPS) is 16.0. The van der Waals surface area contributed by atoms with Gasteiger partial charge in [0.05, 0.1) is 63.1 Å². The SMILES string of the molecule is CCOC(=O)c1c(CCCOc2cccc3ccccc23)c2cccc3c2n1C/C=C\COCc1c-3c(CC)nn1CCN1CCOCC1. The van der Waals surface area contributed by atoms with E-state index in [1.165, 1.54) is 0 Å². The Bertz CT molecular complexity index is 1950. The number of fused-ring (bicyclic) bond motifs is 3. The third-order valence-electron chi connectivity index (χ3n) is 9.61. The Kier molecular flexibility index (Phi) is 10.4. The van der Waals surface area contributed by atoms with Crippen molar-refractivity contribution < 1.29 is 23.7 Å². The summed E-state index contributed by atoms with van der Waals surface area (Å²) in [5.41, 5.74) is 6.93. The van der Waals surface area contributed by atoms with Crippen LogP contribution in [-0.2, 0) is 46.7 Å². The summed E-state index contributed by atoms with van der Waals surface area (Å²) >= 11 is 0. The lowest BCUT2D eigenvalue weighted by molar-refractivity contribution is 0.0355. The lowest BCUT2D eigenvalue weighted by atomic mass is 9.97. The highest BCUT2D eigenvalue weighted by Crippen LogP contribution is 2.39. The average molecular weight is 663 g/mol. The van der Waals surface area contributed by atoms with Crippen LogP contribution in [0.2, 0.25) is 0 Å². The summed E-state index contributed by atoms with van der Waals surface area (Å²) in [6, 6.07) is 20.9. The quantitative estimate of drug-likeness (QED) is 0.0872. The van der Waals surface area contributed by atoms with Gasteiger partial charge in [0.2, 0.25) is 0 Å². The Morgan fingerprint density at radius 1 is 0.918 bits per heavy atom. The van der Waals surface area contributed by atoms with Crippen molar-refractivity contribution in [2.45, 2.75) is 52.8 Å². The Morgan fingerprint density at radius 2 is 1.73 bits per heavy atom. The first-order valence-electron chi connectivity index (χ1n) is 17.7. The number of nitrogens with zero attached hydrogens (tertiary/aromatic N) is 4. The van der Waals surface area contributed by atoms with E-state index in [0.717, 1.165) is 108 Å². The monoisotopic (exact) mass is 662 g/mol. The van der Waals surface area contributed by atoms with Crippen molar-refractivity contribution in [2.24, 2.45) is 0 Å². The molecule has 49 heavy (non-hydrogen) atoms. The molecular formula is C40H46N4O5. The molecule has 0 N–H and O–H groups in total. The minimum atomic E-state index is -0.300. The van der Waals surface area contributed by atoms with Gasteiger partial charge in [0.1, 0.15) is 11.4 Å². The minimum absolute atomic E-state index is 0.300. The van der Waals surface area contributed by atoms with Crippen molar-refractivity contribution in [2.75, 3.05) is 52.7 Å². The number of rotatable bonds is 11. The van der Waals surface area contributed by atoms with Gasteiger partial charge in [-0.3, -0.25) is 9.58 Å². The molecule has 5 aromatic rings. The zero-order valence-electron chi connectivity index (χ0n) is 28.7. The highest BCUT2D eigenvalue weighted by molar-refractivity contribution is 6.05. The number of aromatic nitrogens is 3. The van der Waals surface area contributed by atoms with Crippen LogP contribution in [-0.4, -0.2) is 77.9 Å². The van der Waals surface area contributed by atoms with Gasteiger partial charge in [-0.2, -0.15) is 5.10 Å². The van der Waals surface area contributed by atoms with Crippen LogP contribution in [0.1, 0.15) is 47.7 Å². The number of carbonyl (C=O) groups is 1. The molecule has 2 aromatic heterocycles. The van der Waals surface area contributed by atoms with Crippen LogP contribution in [0.5, 0.6) is 5.75 Å². The predicted octanol–water partition coefficient (Wildman–Crippen LogP) is 6.83. The molecule has 2 aliphatic rings. The molecule has 0 saturated carbocycles. The van der Waals surface area contributed by atoms with Crippen molar-refractivity contribution >= 4 is 27.6 Å². The molecule has 0 bridgehead atoms. The maximum absolute atomic E-state index is 13.8. The molecule has 0 unspecified atom stereocenters. The number of para-hydroxylation sites is 1. The lowest BCUT2D eigenvalue weighted by Gasteiger charge is -2.26. The van der Waals surface area contributed by atoms with Crippen LogP contribution in [0.3, 0.4) is 0 Å². The minimum Gasteiger partial charge on any atom is -0.493 e. The fourth-order valence-corrected chi connectivity index (χ4v) is 7.28. The van der Waals surface area contributed by atoms with Gasteiger partial charge < -0.3 is 23.5 Å². The Balaban J connectivity index is 1.28. The summed E-state index contributed by atoms with van der Waals surface area (Å²) in [7, 11) is 0. The molecule has 1 saturated heterocycles. The van der Waals surface area contributed by atoms with Gasteiger partial charge in [0.15, 0.2) is 0 Å². The molecule has 0 amide bonds. The third kappa shape index (κ3) is 6.88. The van der Waals surface area contributed by atoms with Crippen LogP contribution in [0.15, 0.2) is 72.8 Å². The first kappa shape index (κ1) is 33.1. The van der Waals surface area contributed by atoms with Gasteiger partial charge in [-0.05, 0) is 43.2 Å². The number of hydrogen-bond donors (Lipinski definition) is 0. The molecule has 0 atom stereocenters. The van der Waals surface area contributed by atoms with E-state index < -0.39 is 0 Å². The van der Waals surface area contributed by atoms with E-state index in [4.69, 9.17) is 24.0 Å². The summed E-state index contributed by atoms with van der Waals surface area (Å²) in [5.74, 6) is 0.576. The average Bonchev–Trinajstić information content (AvgIpc) is 3.64. The second-order valence-electron chi connectivity index (χ2n) is 12.6. The summed E-state index contributed by atoms with van der Waals surface area (Å²) < 4.78 is 28.2.